The van der Waals surface area contributed by atoms with E-state index in [1.165, 1.54) is 11.1 Å². The van der Waals surface area contributed by atoms with E-state index in [9.17, 15) is 0 Å². The molecule has 4 heteroatoms. The van der Waals surface area contributed by atoms with Crippen LogP contribution in [0.3, 0.4) is 0 Å². The van der Waals surface area contributed by atoms with Crippen molar-refractivity contribution in [2.24, 2.45) is 0 Å². The molecule has 1 heterocycles. The van der Waals surface area contributed by atoms with E-state index in [0.717, 1.165) is 43.4 Å². The lowest BCUT2D eigenvalue weighted by molar-refractivity contribution is 0.949. The van der Waals surface area contributed by atoms with Gasteiger partial charge >= 0.3 is 0 Å². The van der Waals surface area contributed by atoms with Crippen molar-refractivity contribution in [1.29, 1.82) is 0 Å². The topological polar surface area (TPSA) is 49.8 Å². The Morgan fingerprint density at radius 3 is 2.29 bits per heavy atom. The Labute approximate surface area is 127 Å². The van der Waals surface area contributed by atoms with Gasteiger partial charge in [-0.1, -0.05) is 38.1 Å². The largest absolute Gasteiger partial charge is 0.370 e. The molecule has 4 nitrogen and oxygen atoms in total. The number of aromatic nitrogens is 2. The zero-order valence-electron chi connectivity index (χ0n) is 13.1. The zero-order valence-corrected chi connectivity index (χ0v) is 13.1. The van der Waals surface area contributed by atoms with Crippen molar-refractivity contribution in [3.05, 3.63) is 47.3 Å². The van der Waals surface area contributed by atoms with Gasteiger partial charge in [-0.2, -0.15) is 0 Å². The third-order valence-corrected chi connectivity index (χ3v) is 3.35. The number of nitrogens with one attached hydrogen (secondary N) is 2. The highest BCUT2D eigenvalue weighted by atomic mass is 15.1. The number of anilines is 2. The smallest absolute Gasteiger partial charge is 0.132 e. The Hall–Kier alpha value is -2.10. The van der Waals surface area contributed by atoms with Crippen LogP contribution in [-0.2, 0) is 13.0 Å². The molecule has 0 bridgehead atoms. The van der Waals surface area contributed by atoms with Crippen molar-refractivity contribution in [2.45, 2.75) is 40.2 Å². The second kappa shape index (κ2) is 7.62. The SMILES string of the molecule is CCCNc1cc(NCc2ccccc2CC)nc(C)n1. The zero-order chi connectivity index (χ0) is 15.1. The van der Waals surface area contributed by atoms with Crippen molar-refractivity contribution in [3.8, 4) is 0 Å². The van der Waals surface area contributed by atoms with Gasteiger partial charge in [-0.05, 0) is 30.9 Å². The quantitative estimate of drug-likeness (QED) is 0.812. The number of hydrogen-bond donors (Lipinski definition) is 2. The van der Waals surface area contributed by atoms with E-state index < -0.39 is 0 Å². The fraction of sp³-hybridized carbons (Fsp3) is 0.412. The first-order chi connectivity index (χ1) is 10.2. The van der Waals surface area contributed by atoms with Gasteiger partial charge in [-0.3, -0.25) is 0 Å². The summed E-state index contributed by atoms with van der Waals surface area (Å²) in [6, 6.07) is 10.5. The van der Waals surface area contributed by atoms with Gasteiger partial charge in [0.1, 0.15) is 17.5 Å². The first-order valence-electron chi connectivity index (χ1n) is 7.63. The van der Waals surface area contributed by atoms with Gasteiger partial charge in [0, 0.05) is 19.2 Å². The molecule has 112 valence electrons. The lowest BCUT2D eigenvalue weighted by Gasteiger charge is -2.11. The van der Waals surface area contributed by atoms with Crippen molar-refractivity contribution in [1.82, 2.24) is 9.97 Å². The summed E-state index contributed by atoms with van der Waals surface area (Å²) < 4.78 is 0. The van der Waals surface area contributed by atoms with Crippen LogP contribution in [0, 0.1) is 6.92 Å². The van der Waals surface area contributed by atoms with Crippen LogP contribution in [-0.4, -0.2) is 16.5 Å². The minimum atomic E-state index is 0.780. The predicted octanol–water partition coefficient (Wildman–Crippen LogP) is 3.78. The minimum absolute atomic E-state index is 0.780. The summed E-state index contributed by atoms with van der Waals surface area (Å²) in [7, 11) is 0. The van der Waals surface area contributed by atoms with Crippen LogP contribution in [0.15, 0.2) is 30.3 Å². The normalized spacial score (nSPS) is 10.4. The van der Waals surface area contributed by atoms with Crippen molar-refractivity contribution in [2.75, 3.05) is 17.2 Å². The molecule has 0 aliphatic carbocycles. The van der Waals surface area contributed by atoms with Gasteiger partial charge < -0.3 is 10.6 Å². The Morgan fingerprint density at radius 2 is 1.62 bits per heavy atom. The summed E-state index contributed by atoms with van der Waals surface area (Å²) in [5, 5.41) is 6.71. The number of benzene rings is 1. The summed E-state index contributed by atoms with van der Waals surface area (Å²) in [5.74, 6) is 2.53. The summed E-state index contributed by atoms with van der Waals surface area (Å²) in [4.78, 5) is 8.85. The van der Waals surface area contributed by atoms with Gasteiger partial charge in [0.05, 0.1) is 0 Å². The molecule has 0 fully saturated rings. The Kier molecular flexibility index (Phi) is 5.55. The fourth-order valence-electron chi connectivity index (χ4n) is 2.26. The van der Waals surface area contributed by atoms with Crippen LogP contribution in [0.2, 0.25) is 0 Å². The van der Waals surface area contributed by atoms with E-state index in [1.807, 2.05) is 13.0 Å². The van der Waals surface area contributed by atoms with Gasteiger partial charge in [0.2, 0.25) is 0 Å². The molecule has 0 aliphatic rings. The third kappa shape index (κ3) is 4.45. The molecule has 0 saturated heterocycles. The van der Waals surface area contributed by atoms with E-state index in [1.54, 1.807) is 0 Å². The lowest BCUT2D eigenvalue weighted by atomic mass is 10.1. The van der Waals surface area contributed by atoms with E-state index in [4.69, 9.17) is 0 Å². The van der Waals surface area contributed by atoms with Crippen LogP contribution >= 0.6 is 0 Å². The van der Waals surface area contributed by atoms with Gasteiger partial charge in [0.25, 0.3) is 0 Å². The van der Waals surface area contributed by atoms with Crippen LogP contribution in [0.25, 0.3) is 0 Å². The second-order valence-electron chi connectivity index (χ2n) is 5.09. The molecular weight excluding hydrogens is 260 g/mol. The molecular formula is C17H24N4. The van der Waals surface area contributed by atoms with E-state index in [-0.39, 0.29) is 0 Å². The standard InChI is InChI=1S/C17H24N4/c1-4-10-18-16-11-17(21-13(3)20-16)19-12-15-9-7-6-8-14(15)5-2/h6-9,11H,4-5,10,12H2,1-3H3,(H2,18,19,20,21). The Bertz CT molecular complexity index is 581. The molecule has 21 heavy (non-hydrogen) atoms. The van der Waals surface area contributed by atoms with Gasteiger partial charge in [-0.15, -0.1) is 0 Å². The molecule has 2 N–H and O–H groups in total. The molecule has 0 atom stereocenters. The van der Waals surface area contributed by atoms with Crippen LogP contribution in [0.5, 0.6) is 0 Å². The van der Waals surface area contributed by atoms with Gasteiger partial charge in [-0.25, -0.2) is 9.97 Å². The summed E-state index contributed by atoms with van der Waals surface area (Å²) >= 11 is 0. The molecule has 0 saturated carbocycles. The minimum Gasteiger partial charge on any atom is -0.370 e. The molecule has 0 amide bonds. The number of hydrogen-bond acceptors (Lipinski definition) is 4. The second-order valence-corrected chi connectivity index (χ2v) is 5.09. The molecule has 1 aromatic carbocycles. The molecule has 2 aromatic rings. The molecule has 0 radical (unpaired) electrons. The van der Waals surface area contributed by atoms with E-state index >= 15 is 0 Å². The Morgan fingerprint density at radius 1 is 0.952 bits per heavy atom. The van der Waals surface area contributed by atoms with E-state index in [2.05, 4.69) is 58.7 Å². The van der Waals surface area contributed by atoms with E-state index in [0.29, 0.717) is 0 Å². The monoisotopic (exact) mass is 284 g/mol. The van der Waals surface area contributed by atoms with Crippen LogP contribution in [0.4, 0.5) is 11.6 Å². The highest BCUT2D eigenvalue weighted by Gasteiger charge is 2.03. The summed E-state index contributed by atoms with van der Waals surface area (Å²) in [6.07, 6.45) is 2.12. The first-order valence-corrected chi connectivity index (χ1v) is 7.63. The maximum atomic E-state index is 4.45. The fourth-order valence-corrected chi connectivity index (χ4v) is 2.26. The molecule has 0 unspecified atom stereocenters. The van der Waals surface area contributed by atoms with Gasteiger partial charge in [0.15, 0.2) is 0 Å². The Balaban J connectivity index is 2.07. The first kappa shape index (κ1) is 15.3. The highest BCUT2D eigenvalue weighted by molar-refractivity contribution is 5.48. The van der Waals surface area contributed by atoms with Crippen molar-refractivity contribution >= 4 is 11.6 Å². The predicted molar refractivity (Wildman–Crippen MR) is 88.7 cm³/mol. The number of nitrogens with zero attached hydrogens (tertiary/aromatic N) is 2. The maximum Gasteiger partial charge on any atom is 0.132 e. The summed E-state index contributed by atoms with van der Waals surface area (Å²) in [5.41, 5.74) is 2.69. The lowest BCUT2D eigenvalue weighted by Crippen LogP contribution is -2.08. The van der Waals surface area contributed by atoms with Crippen LogP contribution in [0.1, 0.15) is 37.2 Å². The van der Waals surface area contributed by atoms with Crippen molar-refractivity contribution in [3.63, 3.8) is 0 Å². The summed E-state index contributed by atoms with van der Waals surface area (Å²) in [6.45, 7) is 7.95. The molecule has 2 rings (SSSR count). The highest BCUT2D eigenvalue weighted by Crippen LogP contribution is 2.15. The number of rotatable bonds is 7. The average molecular weight is 284 g/mol. The average Bonchev–Trinajstić information content (AvgIpc) is 2.50. The maximum absolute atomic E-state index is 4.45. The third-order valence-electron chi connectivity index (χ3n) is 3.35. The molecule has 0 aliphatic heterocycles. The molecule has 1 aromatic heterocycles. The molecule has 0 spiro atoms. The van der Waals surface area contributed by atoms with Crippen molar-refractivity contribution < 1.29 is 0 Å². The number of aryl methyl sites for hydroxylation is 2. The van der Waals surface area contributed by atoms with Crippen LogP contribution < -0.4 is 10.6 Å².